The molecule has 0 radical (unpaired) electrons. The molecular weight excluding hydrogens is 681 g/mol. The number of β-amino-alcohol motifs (C(OH)–C–C–N with tert-alkyl or cyclic N) is 1. The second-order valence-electron chi connectivity index (χ2n) is 12.9. The zero-order valence-corrected chi connectivity index (χ0v) is 30.0. The molecule has 0 spiro atoms. The van der Waals surface area contributed by atoms with Gasteiger partial charge < -0.3 is 36.0 Å². The lowest BCUT2D eigenvalue weighted by Crippen LogP contribution is -2.57. The molecule has 3 heterocycles. The van der Waals surface area contributed by atoms with Crippen LogP contribution in [0, 0.1) is 17.8 Å². The van der Waals surface area contributed by atoms with Gasteiger partial charge in [0.2, 0.25) is 23.6 Å². The third kappa shape index (κ3) is 10.4. The minimum absolute atomic E-state index is 0.0373. The van der Waals surface area contributed by atoms with Crippen LogP contribution in [-0.2, 0) is 43.6 Å². The van der Waals surface area contributed by atoms with Crippen LogP contribution in [0.4, 0.5) is 0 Å². The van der Waals surface area contributed by atoms with Gasteiger partial charge in [0.15, 0.2) is 0 Å². The fraction of sp³-hybridized carbons (Fsp3) is 0.429. The fourth-order valence-electron chi connectivity index (χ4n) is 5.26. The summed E-state index contributed by atoms with van der Waals surface area (Å²) >= 11 is 2.66. The molecule has 5 N–H and O–H groups in total. The molecule has 0 bridgehead atoms. The molecule has 2 aromatic heterocycles. The van der Waals surface area contributed by atoms with Crippen molar-refractivity contribution in [1.82, 2.24) is 31.2 Å². The Balaban J connectivity index is 1.36. The number of terminal acetylenes is 1. The van der Waals surface area contributed by atoms with E-state index in [1.165, 1.54) is 34.5 Å². The number of amides is 5. The van der Waals surface area contributed by atoms with Crippen molar-refractivity contribution in [2.45, 2.75) is 72.0 Å². The van der Waals surface area contributed by atoms with Gasteiger partial charge in [-0.25, -0.2) is 4.98 Å². The first-order valence-corrected chi connectivity index (χ1v) is 17.7. The highest BCUT2D eigenvalue weighted by Crippen LogP contribution is 2.29. The van der Waals surface area contributed by atoms with E-state index in [-0.39, 0.29) is 51.1 Å². The Bertz CT molecular complexity index is 1720. The van der Waals surface area contributed by atoms with Crippen LogP contribution in [0.15, 0.2) is 41.9 Å². The fourth-order valence-corrected chi connectivity index (χ4v) is 6.91. The number of hydrogen-bond acceptors (Lipinski definition) is 10. The number of nitrogens with one attached hydrogen (secondary N) is 4. The maximum absolute atomic E-state index is 13.9. The highest BCUT2D eigenvalue weighted by atomic mass is 32.1. The number of ether oxygens (including phenoxy) is 1. The van der Waals surface area contributed by atoms with Gasteiger partial charge >= 0.3 is 0 Å². The van der Waals surface area contributed by atoms with Crippen molar-refractivity contribution >= 4 is 52.2 Å². The normalized spacial score (nSPS) is 16.3. The monoisotopic (exact) mass is 722 g/mol. The summed E-state index contributed by atoms with van der Waals surface area (Å²) in [6.45, 7) is 7.47. The SMILES string of the molecule is C#CCNC(=O)COCc1ncsc1-c1ccc(CNC(=O)[C@@H]2C[C@@H](O)CN2C(=O)[C@@H](NC(=O)c2ccc(CNC(C)=O)s2)C(C)(C)C)cc1. The summed E-state index contributed by atoms with van der Waals surface area (Å²) in [5.74, 6) is 0.530. The third-order valence-corrected chi connectivity index (χ3v) is 9.84. The molecule has 266 valence electrons. The minimum atomic E-state index is -0.975. The number of aliphatic hydroxyl groups is 1. The number of benzene rings is 1. The number of carbonyl (C=O) groups excluding carboxylic acids is 5. The van der Waals surface area contributed by atoms with Crippen molar-refractivity contribution in [3.8, 4) is 22.8 Å². The van der Waals surface area contributed by atoms with Gasteiger partial charge in [-0.2, -0.15) is 0 Å². The molecule has 1 aromatic carbocycles. The molecule has 13 nitrogen and oxygen atoms in total. The smallest absolute Gasteiger partial charge is 0.262 e. The Morgan fingerprint density at radius 1 is 1.08 bits per heavy atom. The molecule has 1 fully saturated rings. The lowest BCUT2D eigenvalue weighted by atomic mass is 9.85. The van der Waals surface area contributed by atoms with Crippen molar-refractivity contribution in [2.75, 3.05) is 19.7 Å². The summed E-state index contributed by atoms with van der Waals surface area (Å²) in [5, 5.41) is 21.5. The molecule has 3 aromatic rings. The van der Waals surface area contributed by atoms with Crippen LogP contribution in [0.2, 0.25) is 0 Å². The van der Waals surface area contributed by atoms with E-state index in [4.69, 9.17) is 11.2 Å². The quantitative estimate of drug-likeness (QED) is 0.157. The number of nitrogens with zero attached hydrogens (tertiary/aromatic N) is 2. The van der Waals surface area contributed by atoms with Gasteiger partial charge in [0.05, 0.1) is 46.8 Å². The van der Waals surface area contributed by atoms with E-state index in [1.54, 1.807) is 17.6 Å². The Morgan fingerprint density at radius 2 is 1.82 bits per heavy atom. The zero-order chi connectivity index (χ0) is 36.4. The molecule has 1 aliphatic heterocycles. The molecule has 15 heteroatoms. The molecule has 5 amide bonds. The molecule has 0 unspecified atom stereocenters. The van der Waals surface area contributed by atoms with E-state index in [0.29, 0.717) is 17.1 Å². The van der Waals surface area contributed by atoms with Crippen molar-refractivity contribution in [3.05, 3.63) is 62.9 Å². The van der Waals surface area contributed by atoms with Crippen LogP contribution >= 0.6 is 22.7 Å². The van der Waals surface area contributed by atoms with Crippen LogP contribution in [0.1, 0.15) is 59.9 Å². The predicted molar refractivity (Wildman–Crippen MR) is 190 cm³/mol. The van der Waals surface area contributed by atoms with Gasteiger partial charge in [-0.05, 0) is 28.7 Å². The molecule has 3 atom stereocenters. The summed E-state index contributed by atoms with van der Waals surface area (Å²) < 4.78 is 5.50. The predicted octanol–water partition coefficient (Wildman–Crippen LogP) is 2.20. The standard InChI is InChI=1S/C35H42N6O7S2/c1-6-13-36-29(44)19-48-18-26-30(49-20-39-26)23-9-7-22(8-10-23)15-38-32(45)27-14-24(43)17-41(27)34(47)31(35(3,4)5)40-33(46)28-12-11-25(50-28)16-37-21(2)42/h1,7-12,20,24,27,31,43H,13-19H2,2-5H3,(H,36,44)(H,37,42)(H,38,45)(H,40,46)/t24-,27+,31-/m1/s1. The largest absolute Gasteiger partial charge is 0.391 e. The van der Waals surface area contributed by atoms with E-state index < -0.39 is 41.3 Å². The topological polar surface area (TPSA) is 179 Å². The molecule has 1 saturated heterocycles. The maximum Gasteiger partial charge on any atom is 0.262 e. The van der Waals surface area contributed by atoms with Crippen molar-refractivity contribution in [3.63, 3.8) is 0 Å². The Labute approximate surface area is 299 Å². The maximum atomic E-state index is 13.9. The molecule has 4 rings (SSSR count). The Hall–Kier alpha value is -4.62. The van der Waals surface area contributed by atoms with Crippen molar-refractivity contribution in [2.24, 2.45) is 5.41 Å². The number of thiophene rings is 1. The second-order valence-corrected chi connectivity index (χ2v) is 14.9. The van der Waals surface area contributed by atoms with Gasteiger partial charge in [-0.3, -0.25) is 24.0 Å². The second kappa shape index (κ2) is 17.3. The average molecular weight is 723 g/mol. The Morgan fingerprint density at radius 3 is 2.50 bits per heavy atom. The van der Waals surface area contributed by atoms with E-state index in [9.17, 15) is 29.1 Å². The average Bonchev–Trinajstić information content (AvgIpc) is 3.84. The van der Waals surface area contributed by atoms with Gasteiger partial charge in [0, 0.05) is 31.3 Å². The first-order valence-electron chi connectivity index (χ1n) is 16.0. The van der Waals surface area contributed by atoms with E-state index in [2.05, 4.69) is 32.2 Å². The number of aliphatic hydroxyl groups excluding tert-OH is 1. The van der Waals surface area contributed by atoms with Crippen LogP contribution in [-0.4, -0.2) is 82.4 Å². The highest BCUT2D eigenvalue weighted by molar-refractivity contribution is 7.14. The summed E-state index contributed by atoms with van der Waals surface area (Å²) in [6, 6.07) is 9.04. The van der Waals surface area contributed by atoms with Crippen LogP contribution < -0.4 is 21.3 Å². The minimum Gasteiger partial charge on any atom is -0.391 e. The molecule has 0 saturated carbocycles. The van der Waals surface area contributed by atoms with E-state index in [1.807, 2.05) is 45.0 Å². The number of thiazole rings is 1. The molecular formula is C35H42N6O7S2. The van der Waals surface area contributed by atoms with Gasteiger partial charge in [0.1, 0.15) is 18.7 Å². The number of hydrogen-bond donors (Lipinski definition) is 5. The Kier molecular flexibility index (Phi) is 13.3. The lowest BCUT2D eigenvalue weighted by Gasteiger charge is -2.35. The summed E-state index contributed by atoms with van der Waals surface area (Å²) in [4.78, 5) is 71.3. The highest BCUT2D eigenvalue weighted by Gasteiger charge is 2.44. The van der Waals surface area contributed by atoms with Gasteiger partial charge in [0.25, 0.3) is 5.91 Å². The van der Waals surface area contributed by atoms with Gasteiger partial charge in [-0.15, -0.1) is 29.1 Å². The first kappa shape index (κ1) is 38.2. The van der Waals surface area contributed by atoms with E-state index >= 15 is 0 Å². The number of rotatable bonds is 14. The van der Waals surface area contributed by atoms with Crippen LogP contribution in [0.25, 0.3) is 10.4 Å². The zero-order valence-electron chi connectivity index (χ0n) is 28.4. The van der Waals surface area contributed by atoms with Gasteiger partial charge in [-0.1, -0.05) is 51.0 Å². The number of likely N-dealkylation sites (tertiary alicyclic amines) is 1. The van der Waals surface area contributed by atoms with E-state index in [0.717, 1.165) is 20.9 Å². The summed E-state index contributed by atoms with van der Waals surface area (Å²) in [7, 11) is 0. The number of aromatic nitrogens is 1. The van der Waals surface area contributed by atoms with Crippen LogP contribution in [0.3, 0.4) is 0 Å². The van der Waals surface area contributed by atoms with Crippen molar-refractivity contribution in [1.29, 1.82) is 0 Å². The summed E-state index contributed by atoms with van der Waals surface area (Å²) in [5.41, 5.74) is 3.40. The van der Waals surface area contributed by atoms with Crippen LogP contribution in [0.5, 0.6) is 0 Å². The summed E-state index contributed by atoms with van der Waals surface area (Å²) in [6.07, 6.45) is 4.32. The lowest BCUT2D eigenvalue weighted by molar-refractivity contribution is -0.142. The molecule has 0 aliphatic carbocycles. The third-order valence-electron chi connectivity index (χ3n) is 7.83. The first-order chi connectivity index (χ1) is 23.8. The van der Waals surface area contributed by atoms with Crippen molar-refractivity contribution < 1.29 is 33.8 Å². The molecule has 50 heavy (non-hydrogen) atoms. The molecule has 1 aliphatic rings. The number of carbonyl (C=O) groups is 5.